The average Bonchev–Trinajstić information content (AvgIpc) is 2.48. The fourth-order valence-electron chi connectivity index (χ4n) is 1.74. The van der Waals surface area contributed by atoms with Crippen molar-refractivity contribution >= 4 is 23.2 Å². The highest BCUT2D eigenvalue weighted by Crippen LogP contribution is 2.06. The molecule has 0 bridgehead atoms. The molecule has 6 heteroatoms. The van der Waals surface area contributed by atoms with Gasteiger partial charge >= 0.3 is 0 Å². The average molecular weight is 284 g/mol. The van der Waals surface area contributed by atoms with Crippen molar-refractivity contribution in [3.05, 3.63) is 54.4 Å². The zero-order valence-electron chi connectivity index (χ0n) is 11.6. The first-order chi connectivity index (χ1) is 10.1. The largest absolute Gasteiger partial charge is 0.397 e. The van der Waals surface area contributed by atoms with Crippen LogP contribution >= 0.6 is 0 Å². The Morgan fingerprint density at radius 3 is 2.52 bits per heavy atom. The van der Waals surface area contributed by atoms with E-state index < -0.39 is 0 Å². The van der Waals surface area contributed by atoms with Crippen molar-refractivity contribution in [2.24, 2.45) is 0 Å². The maximum absolute atomic E-state index is 12.1. The van der Waals surface area contributed by atoms with E-state index in [0.717, 1.165) is 0 Å². The predicted molar refractivity (Wildman–Crippen MR) is 80.7 cm³/mol. The smallest absolute Gasteiger partial charge is 0.272 e. The molecule has 0 radical (unpaired) electrons. The van der Waals surface area contributed by atoms with Crippen LogP contribution in [0.2, 0.25) is 0 Å². The van der Waals surface area contributed by atoms with Crippen molar-refractivity contribution < 1.29 is 9.59 Å². The summed E-state index contributed by atoms with van der Waals surface area (Å²) in [6.07, 6.45) is 1.41. The highest BCUT2D eigenvalue weighted by molar-refractivity contribution is 5.98. The molecule has 2 aromatic rings. The first-order valence-corrected chi connectivity index (χ1v) is 6.38. The molecule has 108 valence electrons. The molecule has 0 saturated carbocycles. The van der Waals surface area contributed by atoms with E-state index in [1.807, 2.05) is 18.2 Å². The van der Waals surface area contributed by atoms with Gasteiger partial charge < -0.3 is 16.0 Å². The van der Waals surface area contributed by atoms with Crippen LogP contribution in [0.15, 0.2) is 48.7 Å². The number of nitrogens with two attached hydrogens (primary N) is 1. The number of nitrogens with one attached hydrogen (secondary N) is 1. The Morgan fingerprint density at radius 2 is 1.90 bits per heavy atom. The molecule has 0 aliphatic rings. The molecule has 0 aliphatic carbocycles. The van der Waals surface area contributed by atoms with Crippen LogP contribution in [-0.2, 0) is 4.79 Å². The molecule has 21 heavy (non-hydrogen) atoms. The standard InChI is InChI=1S/C15H16N4O2/c1-19(15(21)13-8-7-11(16)9-17-13)10-14(20)18-12-5-3-2-4-6-12/h2-9H,10,16H2,1H3,(H,18,20). The molecule has 2 rings (SSSR count). The number of hydrogen-bond donors (Lipinski definition) is 2. The van der Waals surface area contributed by atoms with Crippen molar-refractivity contribution in [2.45, 2.75) is 0 Å². The Balaban J connectivity index is 1.94. The van der Waals surface area contributed by atoms with E-state index in [0.29, 0.717) is 11.4 Å². The molecular weight excluding hydrogens is 268 g/mol. The van der Waals surface area contributed by atoms with Crippen LogP contribution in [0.25, 0.3) is 0 Å². The summed E-state index contributed by atoms with van der Waals surface area (Å²) in [5.74, 6) is -0.606. The van der Waals surface area contributed by atoms with E-state index in [1.54, 1.807) is 25.2 Å². The number of para-hydroxylation sites is 1. The van der Waals surface area contributed by atoms with Gasteiger partial charge in [0.1, 0.15) is 5.69 Å². The van der Waals surface area contributed by atoms with Gasteiger partial charge in [0.15, 0.2) is 0 Å². The number of likely N-dealkylation sites (N-methyl/N-ethyl adjacent to an activating group) is 1. The fraction of sp³-hybridized carbons (Fsp3) is 0.133. The molecular formula is C15H16N4O2. The number of nitrogens with zero attached hydrogens (tertiary/aromatic N) is 2. The van der Waals surface area contributed by atoms with Gasteiger partial charge in [0.05, 0.1) is 18.4 Å². The number of amides is 2. The number of nitrogen functional groups attached to an aromatic ring is 1. The molecule has 0 aliphatic heterocycles. The third-order valence-electron chi connectivity index (χ3n) is 2.79. The Kier molecular flexibility index (Phi) is 4.50. The van der Waals surface area contributed by atoms with Crippen LogP contribution in [-0.4, -0.2) is 35.3 Å². The van der Waals surface area contributed by atoms with Crippen LogP contribution in [0.5, 0.6) is 0 Å². The molecule has 0 saturated heterocycles. The number of carbonyl (C=O) groups excluding carboxylic acids is 2. The van der Waals surface area contributed by atoms with Gasteiger partial charge in [-0.2, -0.15) is 0 Å². The zero-order chi connectivity index (χ0) is 15.2. The summed E-state index contributed by atoms with van der Waals surface area (Å²) in [5.41, 5.74) is 6.94. The Morgan fingerprint density at radius 1 is 1.19 bits per heavy atom. The second kappa shape index (κ2) is 6.51. The number of aromatic nitrogens is 1. The van der Waals surface area contributed by atoms with Crippen molar-refractivity contribution in [1.82, 2.24) is 9.88 Å². The maximum atomic E-state index is 12.1. The highest BCUT2D eigenvalue weighted by Gasteiger charge is 2.16. The lowest BCUT2D eigenvalue weighted by Gasteiger charge is -2.16. The molecule has 0 spiro atoms. The van der Waals surface area contributed by atoms with Gasteiger partial charge in [0.2, 0.25) is 5.91 Å². The minimum atomic E-state index is -0.335. The van der Waals surface area contributed by atoms with E-state index in [2.05, 4.69) is 10.3 Å². The topological polar surface area (TPSA) is 88.3 Å². The van der Waals surface area contributed by atoms with E-state index >= 15 is 0 Å². The van der Waals surface area contributed by atoms with Crippen LogP contribution in [0.1, 0.15) is 10.5 Å². The van der Waals surface area contributed by atoms with Crippen molar-refractivity contribution in [3.63, 3.8) is 0 Å². The lowest BCUT2D eigenvalue weighted by Crippen LogP contribution is -2.35. The van der Waals surface area contributed by atoms with Gasteiger partial charge in [-0.05, 0) is 24.3 Å². The van der Waals surface area contributed by atoms with E-state index in [4.69, 9.17) is 5.73 Å². The van der Waals surface area contributed by atoms with Crippen molar-refractivity contribution in [2.75, 3.05) is 24.6 Å². The van der Waals surface area contributed by atoms with Gasteiger partial charge in [0, 0.05) is 12.7 Å². The van der Waals surface area contributed by atoms with E-state index in [-0.39, 0.29) is 24.1 Å². The summed E-state index contributed by atoms with van der Waals surface area (Å²) in [6.45, 7) is -0.0558. The Labute approximate surface area is 122 Å². The lowest BCUT2D eigenvalue weighted by molar-refractivity contribution is -0.116. The van der Waals surface area contributed by atoms with Gasteiger partial charge in [-0.15, -0.1) is 0 Å². The summed E-state index contributed by atoms with van der Waals surface area (Å²) in [6, 6.07) is 12.2. The number of pyridine rings is 1. The number of carbonyl (C=O) groups is 2. The van der Waals surface area contributed by atoms with Crippen LogP contribution in [0, 0.1) is 0 Å². The van der Waals surface area contributed by atoms with Gasteiger partial charge in [-0.1, -0.05) is 18.2 Å². The summed E-state index contributed by atoms with van der Waals surface area (Å²) < 4.78 is 0. The Hall–Kier alpha value is -2.89. The first-order valence-electron chi connectivity index (χ1n) is 6.38. The number of benzene rings is 1. The molecule has 1 heterocycles. The van der Waals surface area contributed by atoms with Crippen LogP contribution < -0.4 is 11.1 Å². The summed E-state index contributed by atoms with van der Waals surface area (Å²) in [7, 11) is 1.55. The van der Waals surface area contributed by atoms with Gasteiger partial charge in [-0.3, -0.25) is 9.59 Å². The monoisotopic (exact) mass is 284 g/mol. The van der Waals surface area contributed by atoms with Gasteiger partial charge in [-0.25, -0.2) is 4.98 Å². The van der Waals surface area contributed by atoms with Crippen LogP contribution in [0.3, 0.4) is 0 Å². The Bertz CT molecular complexity index is 626. The lowest BCUT2D eigenvalue weighted by atomic mass is 10.3. The van der Waals surface area contributed by atoms with Crippen LogP contribution in [0.4, 0.5) is 11.4 Å². The SMILES string of the molecule is CN(CC(=O)Nc1ccccc1)C(=O)c1ccc(N)cn1. The molecule has 2 amide bonds. The third-order valence-corrected chi connectivity index (χ3v) is 2.79. The molecule has 1 aromatic carbocycles. The highest BCUT2D eigenvalue weighted by atomic mass is 16.2. The second-order valence-electron chi connectivity index (χ2n) is 4.55. The second-order valence-corrected chi connectivity index (χ2v) is 4.55. The quantitative estimate of drug-likeness (QED) is 0.887. The first kappa shape index (κ1) is 14.5. The molecule has 6 nitrogen and oxygen atoms in total. The minimum Gasteiger partial charge on any atom is -0.397 e. The predicted octanol–water partition coefficient (Wildman–Crippen LogP) is 1.37. The molecule has 0 fully saturated rings. The summed E-state index contributed by atoms with van der Waals surface area (Å²) in [4.78, 5) is 29.2. The van der Waals surface area contributed by atoms with Crippen molar-refractivity contribution in [3.8, 4) is 0 Å². The number of hydrogen-bond acceptors (Lipinski definition) is 4. The fourth-order valence-corrected chi connectivity index (χ4v) is 1.74. The summed E-state index contributed by atoms with van der Waals surface area (Å²) in [5, 5.41) is 2.72. The third kappa shape index (κ3) is 4.04. The van der Waals surface area contributed by atoms with E-state index in [9.17, 15) is 9.59 Å². The molecule has 0 atom stereocenters. The number of anilines is 2. The minimum absolute atomic E-state index is 0.0558. The molecule has 0 unspecified atom stereocenters. The maximum Gasteiger partial charge on any atom is 0.272 e. The summed E-state index contributed by atoms with van der Waals surface area (Å²) >= 11 is 0. The number of rotatable bonds is 4. The molecule has 3 N–H and O–H groups in total. The molecule has 1 aromatic heterocycles. The van der Waals surface area contributed by atoms with E-state index in [1.165, 1.54) is 17.2 Å². The normalized spacial score (nSPS) is 9.95. The van der Waals surface area contributed by atoms with Crippen molar-refractivity contribution in [1.29, 1.82) is 0 Å². The zero-order valence-corrected chi connectivity index (χ0v) is 11.6. The van der Waals surface area contributed by atoms with Gasteiger partial charge in [0.25, 0.3) is 5.91 Å².